The van der Waals surface area contributed by atoms with Gasteiger partial charge in [0.05, 0.1) is 12.0 Å². The van der Waals surface area contributed by atoms with Crippen molar-refractivity contribution in [1.29, 1.82) is 0 Å². The smallest absolute Gasteiger partial charge is 0.416 e. The summed E-state index contributed by atoms with van der Waals surface area (Å²) in [6, 6.07) is 15.7. The van der Waals surface area contributed by atoms with Crippen LogP contribution in [0.1, 0.15) is 35.6 Å². The Morgan fingerprint density at radius 2 is 1.70 bits per heavy atom. The van der Waals surface area contributed by atoms with Crippen LogP contribution in [0.25, 0.3) is 17.2 Å². The standard InChI is InChI=1S/C26H18F4O3/c1-15-22(21-10-7-18(27)13-24(21)23(15)14-25(31)32)11-16-5-8-19(9-6-16)33-20-4-2-3-17(12-20)26(28,29)30/h2-13H,14H2,1H3,(H,31,32). The lowest BCUT2D eigenvalue weighted by molar-refractivity contribution is -0.138. The van der Waals surface area contributed by atoms with Crippen LogP contribution < -0.4 is 4.74 Å². The summed E-state index contributed by atoms with van der Waals surface area (Å²) < 4.78 is 58.0. The Morgan fingerprint density at radius 3 is 2.36 bits per heavy atom. The van der Waals surface area contributed by atoms with Crippen molar-refractivity contribution in [1.82, 2.24) is 0 Å². The SMILES string of the molecule is CC1=C(CC(=O)O)c2cc(F)ccc2C1=Cc1ccc(Oc2cccc(C(F)(F)F)c2)cc1. The van der Waals surface area contributed by atoms with Crippen LogP contribution in [0, 0.1) is 5.82 Å². The number of aliphatic carboxylic acids is 1. The number of carboxylic acids is 1. The van der Waals surface area contributed by atoms with E-state index in [0.29, 0.717) is 16.9 Å². The first-order chi connectivity index (χ1) is 15.6. The van der Waals surface area contributed by atoms with Crippen molar-refractivity contribution in [2.75, 3.05) is 0 Å². The van der Waals surface area contributed by atoms with Gasteiger partial charge in [0, 0.05) is 0 Å². The Bertz CT molecular complexity index is 1290. The van der Waals surface area contributed by atoms with Gasteiger partial charge in [0.25, 0.3) is 0 Å². The number of fused-ring (bicyclic) bond motifs is 1. The summed E-state index contributed by atoms with van der Waals surface area (Å²) in [6.45, 7) is 1.80. The molecule has 0 aromatic heterocycles. The minimum Gasteiger partial charge on any atom is -0.481 e. The minimum atomic E-state index is -4.46. The first-order valence-electron chi connectivity index (χ1n) is 10.0. The van der Waals surface area contributed by atoms with E-state index in [0.717, 1.165) is 34.4 Å². The molecule has 7 heteroatoms. The molecular formula is C26H18F4O3. The molecule has 1 aliphatic carbocycles. The number of hydrogen-bond donors (Lipinski definition) is 1. The van der Waals surface area contributed by atoms with Crippen LogP contribution in [0.15, 0.2) is 72.3 Å². The van der Waals surface area contributed by atoms with E-state index in [1.165, 1.54) is 24.3 Å². The van der Waals surface area contributed by atoms with E-state index >= 15 is 0 Å². The van der Waals surface area contributed by atoms with Crippen molar-refractivity contribution in [2.45, 2.75) is 19.5 Å². The number of alkyl halides is 3. The molecule has 3 aromatic carbocycles. The molecule has 0 unspecified atom stereocenters. The molecule has 33 heavy (non-hydrogen) atoms. The number of allylic oxidation sites excluding steroid dienone is 2. The maximum Gasteiger partial charge on any atom is 0.416 e. The molecule has 0 heterocycles. The van der Waals surface area contributed by atoms with Gasteiger partial charge in [-0.25, -0.2) is 4.39 Å². The molecule has 4 rings (SSSR count). The zero-order valence-electron chi connectivity index (χ0n) is 17.4. The van der Waals surface area contributed by atoms with Gasteiger partial charge in [0.2, 0.25) is 0 Å². The van der Waals surface area contributed by atoms with Gasteiger partial charge in [0.1, 0.15) is 17.3 Å². The average Bonchev–Trinajstić information content (AvgIpc) is 2.99. The summed E-state index contributed by atoms with van der Waals surface area (Å²) in [4.78, 5) is 11.3. The fraction of sp³-hybridized carbons (Fsp3) is 0.115. The van der Waals surface area contributed by atoms with E-state index < -0.39 is 23.5 Å². The monoisotopic (exact) mass is 454 g/mol. The first-order valence-corrected chi connectivity index (χ1v) is 10.0. The lowest BCUT2D eigenvalue weighted by atomic mass is 10.0. The molecule has 0 radical (unpaired) electrons. The Balaban J connectivity index is 1.62. The molecular weight excluding hydrogens is 436 g/mol. The number of carboxylic acid groups (broad SMARTS) is 1. The van der Waals surface area contributed by atoms with Crippen LogP contribution in [0.2, 0.25) is 0 Å². The highest BCUT2D eigenvalue weighted by atomic mass is 19.4. The Labute approximate surface area is 187 Å². The van der Waals surface area contributed by atoms with E-state index in [9.17, 15) is 27.5 Å². The van der Waals surface area contributed by atoms with E-state index in [1.54, 1.807) is 37.3 Å². The molecule has 1 aliphatic rings. The molecule has 3 aromatic rings. The Morgan fingerprint density at radius 1 is 0.970 bits per heavy atom. The third-order valence-electron chi connectivity index (χ3n) is 5.37. The van der Waals surface area contributed by atoms with Gasteiger partial charge in [0.15, 0.2) is 0 Å². The molecule has 0 fully saturated rings. The van der Waals surface area contributed by atoms with Crippen molar-refractivity contribution < 1.29 is 32.2 Å². The fourth-order valence-electron chi connectivity index (χ4n) is 3.80. The quantitative estimate of drug-likeness (QED) is 0.408. The first kappa shape index (κ1) is 22.3. The molecule has 3 nitrogen and oxygen atoms in total. The molecule has 0 spiro atoms. The lowest BCUT2D eigenvalue weighted by Crippen LogP contribution is -2.04. The second kappa shape index (κ2) is 8.58. The zero-order valence-corrected chi connectivity index (χ0v) is 17.4. The number of ether oxygens (including phenoxy) is 1. The minimum absolute atomic E-state index is 0.0692. The number of hydrogen-bond acceptors (Lipinski definition) is 2. The number of rotatable bonds is 5. The van der Waals surface area contributed by atoms with E-state index in [-0.39, 0.29) is 12.2 Å². The number of halogens is 4. The van der Waals surface area contributed by atoms with Gasteiger partial charge < -0.3 is 9.84 Å². The van der Waals surface area contributed by atoms with E-state index in [4.69, 9.17) is 4.74 Å². The maximum absolute atomic E-state index is 13.8. The largest absolute Gasteiger partial charge is 0.481 e. The predicted molar refractivity (Wildman–Crippen MR) is 117 cm³/mol. The van der Waals surface area contributed by atoms with Crippen molar-refractivity contribution in [3.63, 3.8) is 0 Å². The summed E-state index contributed by atoms with van der Waals surface area (Å²) in [7, 11) is 0. The molecule has 0 bridgehead atoms. The number of benzene rings is 3. The van der Waals surface area contributed by atoms with Gasteiger partial charge in [-0.3, -0.25) is 4.79 Å². The van der Waals surface area contributed by atoms with Crippen LogP contribution in [-0.2, 0) is 11.0 Å². The second-order valence-electron chi connectivity index (χ2n) is 7.62. The summed E-state index contributed by atoms with van der Waals surface area (Å²) in [5, 5.41) is 9.25. The van der Waals surface area contributed by atoms with Gasteiger partial charge in [-0.2, -0.15) is 13.2 Å². The maximum atomic E-state index is 13.8. The topological polar surface area (TPSA) is 46.5 Å². The van der Waals surface area contributed by atoms with Crippen LogP contribution in [0.3, 0.4) is 0 Å². The number of carbonyl (C=O) groups is 1. The highest BCUT2D eigenvalue weighted by Crippen LogP contribution is 2.44. The highest BCUT2D eigenvalue weighted by Gasteiger charge is 2.30. The Hall–Kier alpha value is -3.87. The van der Waals surface area contributed by atoms with Crippen LogP contribution >= 0.6 is 0 Å². The molecule has 0 atom stereocenters. The predicted octanol–water partition coefficient (Wildman–Crippen LogP) is 7.44. The highest BCUT2D eigenvalue weighted by molar-refractivity contribution is 6.07. The molecule has 0 amide bonds. The van der Waals surface area contributed by atoms with Crippen molar-refractivity contribution in [3.05, 3.63) is 100 Å². The van der Waals surface area contributed by atoms with Gasteiger partial charge in [-0.15, -0.1) is 0 Å². The molecule has 1 N–H and O–H groups in total. The lowest BCUT2D eigenvalue weighted by Gasteiger charge is -2.10. The van der Waals surface area contributed by atoms with E-state index in [1.807, 2.05) is 6.08 Å². The Kier molecular flexibility index (Phi) is 5.80. The normalized spacial score (nSPS) is 14.5. The summed E-state index contributed by atoms with van der Waals surface area (Å²) in [5.74, 6) is -1.01. The summed E-state index contributed by atoms with van der Waals surface area (Å²) in [6.07, 6.45) is -2.82. The van der Waals surface area contributed by atoms with Crippen LogP contribution in [-0.4, -0.2) is 11.1 Å². The van der Waals surface area contributed by atoms with Crippen molar-refractivity contribution in [3.8, 4) is 11.5 Å². The second-order valence-corrected chi connectivity index (χ2v) is 7.62. The van der Waals surface area contributed by atoms with Crippen molar-refractivity contribution in [2.24, 2.45) is 0 Å². The average molecular weight is 454 g/mol. The van der Waals surface area contributed by atoms with Crippen LogP contribution in [0.5, 0.6) is 11.5 Å². The zero-order chi connectivity index (χ0) is 23.8. The summed E-state index contributed by atoms with van der Waals surface area (Å²) >= 11 is 0. The molecule has 0 aliphatic heterocycles. The van der Waals surface area contributed by atoms with Crippen LogP contribution in [0.4, 0.5) is 17.6 Å². The van der Waals surface area contributed by atoms with Gasteiger partial charge in [-0.1, -0.05) is 24.3 Å². The third-order valence-corrected chi connectivity index (χ3v) is 5.37. The van der Waals surface area contributed by atoms with E-state index in [2.05, 4.69) is 0 Å². The van der Waals surface area contributed by atoms with Gasteiger partial charge in [-0.05, 0) is 88.9 Å². The molecule has 0 saturated carbocycles. The van der Waals surface area contributed by atoms with Crippen molar-refractivity contribution >= 4 is 23.2 Å². The summed E-state index contributed by atoms with van der Waals surface area (Å²) in [5.41, 5.74) is 3.38. The third kappa shape index (κ3) is 4.82. The molecule has 168 valence electrons. The molecule has 0 saturated heterocycles. The fourth-order valence-corrected chi connectivity index (χ4v) is 3.80. The van der Waals surface area contributed by atoms with Gasteiger partial charge >= 0.3 is 12.1 Å².